The predicted octanol–water partition coefficient (Wildman–Crippen LogP) is 2.55. The minimum absolute atomic E-state index is 0.0708. The van der Waals surface area contributed by atoms with Crippen molar-refractivity contribution >= 4 is 0 Å². The molecule has 1 aliphatic rings. The number of rotatable bonds is 7. The molecule has 0 amide bonds. The fourth-order valence-corrected chi connectivity index (χ4v) is 2.30. The number of aromatic nitrogens is 2. The maximum Gasteiger partial charge on any atom is 0.157 e. The summed E-state index contributed by atoms with van der Waals surface area (Å²) in [5.74, 6) is 1.46. The van der Waals surface area contributed by atoms with Crippen LogP contribution in [-0.2, 0) is 11.2 Å². The molecule has 0 aliphatic heterocycles. The molecule has 1 fully saturated rings. The lowest BCUT2D eigenvalue weighted by Crippen LogP contribution is -2.23. The monoisotopic (exact) mass is 263 g/mol. The Kier molecular flexibility index (Phi) is 4.88. The van der Waals surface area contributed by atoms with E-state index in [1.165, 1.54) is 12.8 Å². The van der Waals surface area contributed by atoms with E-state index in [0.717, 1.165) is 30.1 Å². The lowest BCUT2D eigenvalue weighted by molar-refractivity contribution is 0.0397. The van der Waals surface area contributed by atoms with Gasteiger partial charge in [0, 0.05) is 30.5 Å². The molecule has 2 atom stereocenters. The Balaban J connectivity index is 2.19. The topological polar surface area (TPSA) is 61.0 Å². The van der Waals surface area contributed by atoms with E-state index in [1.54, 1.807) is 0 Å². The van der Waals surface area contributed by atoms with Crippen molar-refractivity contribution in [1.29, 1.82) is 0 Å². The van der Waals surface area contributed by atoms with Crippen molar-refractivity contribution in [3.63, 3.8) is 0 Å². The molecule has 0 spiro atoms. The molecule has 4 heteroatoms. The van der Waals surface area contributed by atoms with Gasteiger partial charge in [0.15, 0.2) is 5.82 Å². The zero-order valence-electron chi connectivity index (χ0n) is 12.2. The van der Waals surface area contributed by atoms with Crippen LogP contribution in [0.4, 0.5) is 0 Å². The van der Waals surface area contributed by atoms with Gasteiger partial charge in [-0.05, 0) is 45.1 Å². The molecule has 0 saturated heterocycles. The molecule has 0 bridgehead atoms. The van der Waals surface area contributed by atoms with Crippen molar-refractivity contribution in [1.82, 2.24) is 9.97 Å². The van der Waals surface area contributed by atoms with E-state index in [-0.39, 0.29) is 12.1 Å². The molecule has 1 aromatic heterocycles. The van der Waals surface area contributed by atoms with E-state index in [4.69, 9.17) is 10.5 Å². The van der Waals surface area contributed by atoms with Crippen LogP contribution in [0, 0.1) is 12.8 Å². The second kappa shape index (κ2) is 6.44. The summed E-state index contributed by atoms with van der Waals surface area (Å²) >= 11 is 0. The second-order valence-electron chi connectivity index (χ2n) is 5.44. The largest absolute Gasteiger partial charge is 0.370 e. The first-order valence-electron chi connectivity index (χ1n) is 7.35. The Morgan fingerprint density at radius 1 is 1.37 bits per heavy atom. The molecule has 1 saturated carbocycles. The number of nitrogens with zero attached hydrogens (tertiary/aromatic N) is 2. The van der Waals surface area contributed by atoms with Crippen molar-refractivity contribution in [2.45, 2.75) is 58.6 Å². The fourth-order valence-electron chi connectivity index (χ4n) is 2.30. The highest BCUT2D eigenvalue weighted by Crippen LogP contribution is 2.42. The van der Waals surface area contributed by atoms with E-state index >= 15 is 0 Å². The molecule has 1 heterocycles. The summed E-state index contributed by atoms with van der Waals surface area (Å²) < 4.78 is 5.84. The summed E-state index contributed by atoms with van der Waals surface area (Å²) in [6.07, 6.45) is 4.31. The van der Waals surface area contributed by atoms with Crippen LogP contribution in [0.3, 0.4) is 0 Å². The van der Waals surface area contributed by atoms with Crippen LogP contribution >= 0.6 is 0 Å². The van der Waals surface area contributed by atoms with Crippen LogP contribution in [0.25, 0.3) is 0 Å². The van der Waals surface area contributed by atoms with Crippen LogP contribution < -0.4 is 5.73 Å². The summed E-state index contributed by atoms with van der Waals surface area (Å²) in [6.45, 7) is 6.86. The van der Waals surface area contributed by atoms with E-state index < -0.39 is 0 Å². The standard InChI is InChI=1S/C15H25N3O/c1-4-12(16)9-13-8-10(3)17-15(18-13)14(19-5-2)11-6-7-11/h8,11-12,14H,4-7,9,16H2,1-3H3. The molecule has 1 aliphatic carbocycles. The number of nitrogens with two attached hydrogens (primary N) is 1. The van der Waals surface area contributed by atoms with Crippen molar-refractivity contribution in [3.8, 4) is 0 Å². The van der Waals surface area contributed by atoms with Gasteiger partial charge in [0.2, 0.25) is 0 Å². The average molecular weight is 263 g/mol. The SMILES string of the molecule is CCOC(c1nc(C)cc(CC(N)CC)n1)C1CC1. The first-order chi connectivity index (χ1) is 9.13. The quantitative estimate of drug-likeness (QED) is 0.821. The highest BCUT2D eigenvalue weighted by molar-refractivity contribution is 5.13. The maximum absolute atomic E-state index is 6.02. The maximum atomic E-state index is 6.02. The van der Waals surface area contributed by atoms with Crippen LogP contribution in [0.2, 0.25) is 0 Å². The minimum Gasteiger partial charge on any atom is -0.370 e. The van der Waals surface area contributed by atoms with Crippen molar-refractivity contribution < 1.29 is 4.74 Å². The third kappa shape index (κ3) is 3.98. The van der Waals surface area contributed by atoms with Gasteiger partial charge in [0.05, 0.1) is 0 Å². The van der Waals surface area contributed by atoms with E-state index in [2.05, 4.69) is 16.9 Å². The minimum atomic E-state index is 0.0708. The van der Waals surface area contributed by atoms with Gasteiger partial charge in [0.25, 0.3) is 0 Å². The highest BCUT2D eigenvalue weighted by atomic mass is 16.5. The molecule has 106 valence electrons. The Labute approximate surface area is 115 Å². The zero-order chi connectivity index (χ0) is 13.8. The van der Waals surface area contributed by atoms with Gasteiger partial charge in [-0.2, -0.15) is 0 Å². The average Bonchev–Trinajstić information content (AvgIpc) is 3.19. The number of ether oxygens (including phenoxy) is 1. The third-order valence-corrected chi connectivity index (χ3v) is 3.57. The first kappa shape index (κ1) is 14.4. The Bertz CT molecular complexity index is 418. The normalized spacial score (nSPS) is 18.3. The van der Waals surface area contributed by atoms with Gasteiger partial charge < -0.3 is 10.5 Å². The summed E-state index contributed by atoms with van der Waals surface area (Å²) in [7, 11) is 0. The molecule has 2 N–H and O–H groups in total. The van der Waals surface area contributed by atoms with Gasteiger partial charge in [0.1, 0.15) is 6.10 Å². The fraction of sp³-hybridized carbons (Fsp3) is 0.733. The smallest absolute Gasteiger partial charge is 0.157 e. The molecule has 2 rings (SSSR count). The lowest BCUT2D eigenvalue weighted by atomic mass is 10.1. The van der Waals surface area contributed by atoms with Gasteiger partial charge in [-0.25, -0.2) is 9.97 Å². The van der Waals surface area contributed by atoms with E-state index in [1.807, 2.05) is 19.9 Å². The van der Waals surface area contributed by atoms with E-state index in [9.17, 15) is 0 Å². The molecule has 0 radical (unpaired) electrons. The Morgan fingerprint density at radius 2 is 2.11 bits per heavy atom. The molecule has 19 heavy (non-hydrogen) atoms. The molecular formula is C15H25N3O. The summed E-state index contributed by atoms with van der Waals surface area (Å²) in [5.41, 5.74) is 8.07. The molecule has 2 unspecified atom stereocenters. The second-order valence-corrected chi connectivity index (χ2v) is 5.44. The van der Waals surface area contributed by atoms with Crippen molar-refractivity contribution in [2.24, 2.45) is 11.7 Å². The van der Waals surface area contributed by atoms with Gasteiger partial charge in [-0.3, -0.25) is 0 Å². The third-order valence-electron chi connectivity index (χ3n) is 3.57. The van der Waals surface area contributed by atoms with Crippen LogP contribution in [0.5, 0.6) is 0 Å². The number of hydrogen-bond donors (Lipinski definition) is 1. The summed E-state index contributed by atoms with van der Waals surface area (Å²) in [5, 5.41) is 0. The van der Waals surface area contributed by atoms with Gasteiger partial charge >= 0.3 is 0 Å². The first-order valence-corrected chi connectivity index (χ1v) is 7.35. The van der Waals surface area contributed by atoms with Gasteiger partial charge in [-0.1, -0.05) is 6.92 Å². The number of aryl methyl sites for hydroxylation is 1. The predicted molar refractivity (Wildman–Crippen MR) is 75.8 cm³/mol. The zero-order valence-corrected chi connectivity index (χ0v) is 12.2. The Hall–Kier alpha value is -1.00. The molecule has 0 aromatic carbocycles. The van der Waals surface area contributed by atoms with Crippen LogP contribution in [0.1, 0.15) is 56.4 Å². The van der Waals surface area contributed by atoms with Crippen molar-refractivity contribution in [2.75, 3.05) is 6.61 Å². The highest BCUT2D eigenvalue weighted by Gasteiger charge is 2.35. The molecular weight excluding hydrogens is 238 g/mol. The van der Waals surface area contributed by atoms with Crippen molar-refractivity contribution in [3.05, 3.63) is 23.3 Å². The molecule has 4 nitrogen and oxygen atoms in total. The van der Waals surface area contributed by atoms with Crippen LogP contribution in [-0.4, -0.2) is 22.6 Å². The Morgan fingerprint density at radius 3 is 2.68 bits per heavy atom. The van der Waals surface area contributed by atoms with E-state index in [0.29, 0.717) is 12.5 Å². The van der Waals surface area contributed by atoms with Crippen LogP contribution in [0.15, 0.2) is 6.07 Å². The summed E-state index contributed by atoms with van der Waals surface area (Å²) in [6, 6.07) is 2.21. The molecule has 1 aromatic rings. The summed E-state index contributed by atoms with van der Waals surface area (Å²) in [4.78, 5) is 9.26. The number of hydrogen-bond acceptors (Lipinski definition) is 4. The lowest BCUT2D eigenvalue weighted by Gasteiger charge is -2.17. The van der Waals surface area contributed by atoms with Gasteiger partial charge in [-0.15, -0.1) is 0 Å².